The van der Waals surface area contributed by atoms with Crippen molar-refractivity contribution in [1.82, 2.24) is 0 Å². The molecule has 0 aliphatic rings. The summed E-state index contributed by atoms with van der Waals surface area (Å²) in [6, 6.07) is 14.8. The number of alkyl halides is 2. The van der Waals surface area contributed by atoms with E-state index in [1.165, 1.54) is 36.4 Å². The summed E-state index contributed by atoms with van der Waals surface area (Å²) >= 11 is 0. The number of rotatable bonds is 7. The van der Waals surface area contributed by atoms with E-state index in [1.54, 1.807) is 6.92 Å². The minimum Gasteiger partial charge on any atom is -0.429 e. The van der Waals surface area contributed by atoms with E-state index in [2.05, 4.69) is 4.74 Å². The van der Waals surface area contributed by atoms with Crippen LogP contribution in [0.4, 0.5) is 43.9 Å². The Morgan fingerprint density at radius 3 is 1.64 bits per heavy atom. The summed E-state index contributed by atoms with van der Waals surface area (Å²) in [6.07, 6.45) is -3.99. The molecule has 0 saturated carbocycles. The van der Waals surface area contributed by atoms with Gasteiger partial charge in [0.05, 0.1) is 11.1 Å². The van der Waals surface area contributed by atoms with Gasteiger partial charge in [0.25, 0.3) is 0 Å². The van der Waals surface area contributed by atoms with Crippen LogP contribution in [-0.4, -0.2) is 0 Å². The number of aryl methyl sites for hydroxylation is 1. The lowest BCUT2D eigenvalue weighted by Gasteiger charge is -2.19. The maximum Gasteiger partial charge on any atom is 0.426 e. The Morgan fingerprint density at radius 2 is 1.09 bits per heavy atom. The summed E-state index contributed by atoms with van der Waals surface area (Å²) in [4.78, 5) is 0. The molecule has 0 amide bonds. The molecule has 45 heavy (non-hydrogen) atoms. The van der Waals surface area contributed by atoms with Crippen LogP contribution >= 0.6 is 0 Å². The molecule has 5 rings (SSSR count). The van der Waals surface area contributed by atoms with Gasteiger partial charge in [-0.25, -0.2) is 35.1 Å². The first-order valence-corrected chi connectivity index (χ1v) is 13.0. The Bertz CT molecular complexity index is 1880. The molecule has 5 aromatic rings. The highest BCUT2D eigenvalue weighted by atomic mass is 19.3. The van der Waals surface area contributed by atoms with E-state index >= 15 is 4.39 Å². The fraction of sp³-hybridized carbons (Fsp3) is 0.0588. The monoisotopic (exact) mass is 632 g/mol. The van der Waals surface area contributed by atoms with Crippen molar-refractivity contribution in [2.45, 2.75) is 13.0 Å². The van der Waals surface area contributed by atoms with Gasteiger partial charge in [0, 0.05) is 23.3 Å². The van der Waals surface area contributed by atoms with Crippen molar-refractivity contribution in [3.8, 4) is 28.0 Å². The summed E-state index contributed by atoms with van der Waals surface area (Å²) < 4.78 is 148. The van der Waals surface area contributed by atoms with Crippen molar-refractivity contribution < 1.29 is 48.6 Å². The molecule has 5 aromatic carbocycles. The van der Waals surface area contributed by atoms with Crippen molar-refractivity contribution >= 4 is 11.7 Å². The Kier molecular flexibility index (Phi) is 8.46. The Hall–Kier alpha value is -5.06. The van der Waals surface area contributed by atoms with Gasteiger partial charge in [-0.05, 0) is 53.9 Å². The van der Waals surface area contributed by atoms with Crippen LogP contribution in [0.3, 0.4) is 0 Å². The Morgan fingerprint density at radius 1 is 0.556 bits per heavy atom. The van der Waals surface area contributed by atoms with Crippen LogP contribution in [0.15, 0.2) is 91.0 Å². The molecule has 1 nitrogen and oxygen atoms in total. The molecule has 0 spiro atoms. The second-order valence-electron chi connectivity index (χ2n) is 9.90. The van der Waals surface area contributed by atoms with E-state index in [0.29, 0.717) is 29.8 Å². The molecule has 0 unspecified atom stereocenters. The van der Waals surface area contributed by atoms with E-state index in [1.807, 2.05) is 0 Å². The van der Waals surface area contributed by atoms with E-state index in [9.17, 15) is 39.5 Å². The molecule has 0 aromatic heterocycles. The first-order chi connectivity index (χ1) is 21.2. The van der Waals surface area contributed by atoms with Gasteiger partial charge in [0.2, 0.25) is 0 Å². The average Bonchev–Trinajstić information content (AvgIpc) is 2.99. The molecule has 0 aliphatic carbocycles. The number of hydrogen-bond donors (Lipinski definition) is 0. The van der Waals surface area contributed by atoms with Gasteiger partial charge in [0.1, 0.15) is 23.2 Å². The predicted molar refractivity (Wildman–Crippen MR) is 148 cm³/mol. The number of halogens is 10. The third kappa shape index (κ3) is 6.43. The topological polar surface area (TPSA) is 9.23 Å². The molecule has 0 saturated heterocycles. The highest BCUT2D eigenvalue weighted by Crippen LogP contribution is 2.38. The second-order valence-corrected chi connectivity index (χ2v) is 9.90. The summed E-state index contributed by atoms with van der Waals surface area (Å²) in [5.74, 6) is -13.6. The van der Waals surface area contributed by atoms with Crippen molar-refractivity contribution in [2.75, 3.05) is 0 Å². The van der Waals surface area contributed by atoms with E-state index in [0.717, 1.165) is 30.3 Å². The SMILES string of the molecule is Cc1ccc(C(F)(F)Oc2cc(F)c(/C(F)=C(\F)c3ccc(-c4ccc(-c5cc(F)c(F)c(F)c5)c(F)c4)cc3)c(F)c2)cc1. The van der Waals surface area contributed by atoms with Gasteiger partial charge in [0.15, 0.2) is 29.1 Å². The molecule has 0 heterocycles. The lowest BCUT2D eigenvalue weighted by molar-refractivity contribution is -0.185. The van der Waals surface area contributed by atoms with Crippen LogP contribution in [0, 0.1) is 41.8 Å². The lowest BCUT2D eigenvalue weighted by Crippen LogP contribution is -2.22. The highest BCUT2D eigenvalue weighted by molar-refractivity contribution is 5.84. The van der Waals surface area contributed by atoms with E-state index in [4.69, 9.17) is 0 Å². The molecule has 230 valence electrons. The van der Waals surface area contributed by atoms with E-state index < -0.39 is 75.1 Å². The number of hydrogen-bond acceptors (Lipinski definition) is 1. The number of benzene rings is 5. The molecule has 0 aliphatic heterocycles. The summed E-state index contributed by atoms with van der Waals surface area (Å²) in [5.41, 5.74) is -1.83. The molecule has 0 fully saturated rings. The smallest absolute Gasteiger partial charge is 0.426 e. The molecule has 0 N–H and O–H groups in total. The molecule has 0 radical (unpaired) electrons. The quantitative estimate of drug-likeness (QED) is 0.0986. The van der Waals surface area contributed by atoms with Crippen molar-refractivity contribution in [1.29, 1.82) is 0 Å². The minimum absolute atomic E-state index is 0.214. The first kappa shape index (κ1) is 31.4. The predicted octanol–water partition coefficient (Wildman–Crippen LogP) is 11.1. The van der Waals surface area contributed by atoms with Crippen LogP contribution < -0.4 is 4.74 Å². The molecular formula is C34H18F10O. The minimum atomic E-state index is -3.99. The maximum absolute atomic E-state index is 15.0. The van der Waals surface area contributed by atoms with Gasteiger partial charge in [-0.3, -0.25) is 0 Å². The maximum atomic E-state index is 15.0. The zero-order chi connectivity index (χ0) is 32.6. The second kappa shape index (κ2) is 12.1. The Labute approximate surface area is 249 Å². The molecule has 11 heteroatoms. The van der Waals surface area contributed by atoms with Gasteiger partial charge < -0.3 is 4.74 Å². The highest BCUT2D eigenvalue weighted by Gasteiger charge is 2.35. The third-order valence-electron chi connectivity index (χ3n) is 6.80. The van der Waals surface area contributed by atoms with Crippen LogP contribution in [0.2, 0.25) is 0 Å². The van der Waals surface area contributed by atoms with Gasteiger partial charge >= 0.3 is 6.11 Å². The molecular weight excluding hydrogens is 614 g/mol. The fourth-order valence-corrected chi connectivity index (χ4v) is 4.46. The number of ether oxygens (including phenoxy) is 1. The van der Waals surface area contributed by atoms with Crippen molar-refractivity contribution in [2.24, 2.45) is 0 Å². The molecule has 0 bridgehead atoms. The summed E-state index contributed by atoms with van der Waals surface area (Å²) in [7, 11) is 0. The zero-order valence-electron chi connectivity index (χ0n) is 22.8. The fourth-order valence-electron chi connectivity index (χ4n) is 4.46. The first-order valence-electron chi connectivity index (χ1n) is 13.0. The lowest BCUT2D eigenvalue weighted by atomic mass is 9.98. The van der Waals surface area contributed by atoms with Crippen LogP contribution in [0.25, 0.3) is 33.9 Å². The zero-order valence-corrected chi connectivity index (χ0v) is 22.8. The van der Waals surface area contributed by atoms with Crippen LogP contribution in [0.1, 0.15) is 22.3 Å². The van der Waals surface area contributed by atoms with Crippen molar-refractivity contribution in [3.05, 3.63) is 148 Å². The van der Waals surface area contributed by atoms with Crippen molar-refractivity contribution in [3.63, 3.8) is 0 Å². The normalized spacial score (nSPS) is 12.2. The van der Waals surface area contributed by atoms with Crippen LogP contribution in [0.5, 0.6) is 5.75 Å². The standard InChI is InChI=1S/C34H18F10O/c1-17-2-9-22(10-3-17)34(43,44)45-23-15-26(36)30(27(37)16-23)33(42)31(40)19-6-4-18(5-7-19)20-8-11-24(25(35)12-20)21-13-28(38)32(41)29(39)14-21/h2-16H,1H3/b33-31+. The third-order valence-corrected chi connectivity index (χ3v) is 6.80. The largest absolute Gasteiger partial charge is 0.429 e. The summed E-state index contributed by atoms with van der Waals surface area (Å²) in [5, 5.41) is 0. The average molecular weight is 632 g/mol. The van der Waals surface area contributed by atoms with Crippen LogP contribution in [-0.2, 0) is 6.11 Å². The van der Waals surface area contributed by atoms with Gasteiger partial charge in [-0.2, -0.15) is 8.78 Å². The summed E-state index contributed by atoms with van der Waals surface area (Å²) in [6.45, 7) is 1.66. The molecule has 0 atom stereocenters. The van der Waals surface area contributed by atoms with E-state index in [-0.39, 0.29) is 22.3 Å². The van der Waals surface area contributed by atoms with Gasteiger partial charge in [-0.15, -0.1) is 0 Å². The van der Waals surface area contributed by atoms with Gasteiger partial charge in [-0.1, -0.05) is 54.1 Å². The Balaban J connectivity index is 1.38.